The van der Waals surface area contributed by atoms with E-state index in [-0.39, 0.29) is 5.75 Å². The summed E-state index contributed by atoms with van der Waals surface area (Å²) in [6.45, 7) is 0.366. The predicted molar refractivity (Wildman–Crippen MR) is 46.4 cm³/mol. The maximum atomic E-state index is 9.18. The SMILES string of the molecule is CN(O)Cc1ccc(Cl)c(O)c1. The molecule has 0 amide bonds. The van der Waals surface area contributed by atoms with Crippen molar-refractivity contribution in [1.82, 2.24) is 5.06 Å². The van der Waals surface area contributed by atoms with Crippen LogP contribution in [0.2, 0.25) is 5.02 Å². The molecule has 0 saturated heterocycles. The van der Waals surface area contributed by atoms with E-state index in [1.807, 2.05) is 0 Å². The molecule has 0 fully saturated rings. The second-order valence-corrected chi connectivity index (χ2v) is 3.01. The Bertz CT molecular complexity index is 276. The van der Waals surface area contributed by atoms with Gasteiger partial charge in [0.05, 0.1) is 5.02 Å². The second kappa shape index (κ2) is 3.76. The highest BCUT2D eigenvalue weighted by Gasteiger charge is 2.00. The quantitative estimate of drug-likeness (QED) is 0.695. The van der Waals surface area contributed by atoms with Gasteiger partial charge < -0.3 is 10.3 Å². The van der Waals surface area contributed by atoms with E-state index in [1.54, 1.807) is 12.1 Å². The fourth-order valence-electron chi connectivity index (χ4n) is 0.921. The Balaban J connectivity index is 2.82. The van der Waals surface area contributed by atoms with Gasteiger partial charge >= 0.3 is 0 Å². The van der Waals surface area contributed by atoms with Crippen molar-refractivity contribution >= 4 is 11.6 Å². The van der Waals surface area contributed by atoms with Crippen LogP contribution in [0.5, 0.6) is 5.75 Å². The molecule has 2 N–H and O–H groups in total. The fraction of sp³-hybridized carbons (Fsp3) is 0.250. The third kappa shape index (κ3) is 2.37. The zero-order valence-electron chi connectivity index (χ0n) is 6.66. The number of halogens is 1. The minimum Gasteiger partial charge on any atom is -0.506 e. The monoisotopic (exact) mass is 187 g/mol. The van der Waals surface area contributed by atoms with Crippen molar-refractivity contribution in [3.63, 3.8) is 0 Å². The highest BCUT2D eigenvalue weighted by atomic mass is 35.5. The van der Waals surface area contributed by atoms with E-state index in [0.717, 1.165) is 10.6 Å². The van der Waals surface area contributed by atoms with E-state index in [9.17, 15) is 5.11 Å². The molecule has 0 bridgehead atoms. The standard InChI is InChI=1S/C8H10ClNO2/c1-10(12)5-6-2-3-7(9)8(11)4-6/h2-4,11-12H,5H2,1H3. The number of nitrogens with zero attached hydrogens (tertiary/aromatic N) is 1. The van der Waals surface area contributed by atoms with E-state index in [4.69, 9.17) is 16.8 Å². The molecule has 1 aromatic rings. The van der Waals surface area contributed by atoms with Gasteiger partial charge in [-0.15, -0.1) is 0 Å². The number of aromatic hydroxyl groups is 1. The van der Waals surface area contributed by atoms with Gasteiger partial charge in [-0.25, -0.2) is 0 Å². The first-order chi connectivity index (χ1) is 5.59. The fourth-order valence-corrected chi connectivity index (χ4v) is 1.04. The van der Waals surface area contributed by atoms with Crippen LogP contribution >= 0.6 is 11.6 Å². The summed E-state index contributed by atoms with van der Waals surface area (Å²) in [7, 11) is 1.53. The summed E-state index contributed by atoms with van der Waals surface area (Å²) in [6.07, 6.45) is 0. The Morgan fingerprint density at radius 1 is 1.50 bits per heavy atom. The highest BCUT2D eigenvalue weighted by molar-refractivity contribution is 6.31. The topological polar surface area (TPSA) is 43.7 Å². The molecule has 0 atom stereocenters. The number of phenolic OH excluding ortho intramolecular Hbond substituents is 1. The molecular formula is C8H10ClNO2. The second-order valence-electron chi connectivity index (χ2n) is 2.60. The summed E-state index contributed by atoms with van der Waals surface area (Å²) in [5.41, 5.74) is 0.807. The Labute approximate surface area is 75.8 Å². The Morgan fingerprint density at radius 3 is 2.67 bits per heavy atom. The van der Waals surface area contributed by atoms with Gasteiger partial charge in [-0.3, -0.25) is 0 Å². The molecule has 0 aromatic heterocycles. The Kier molecular flexibility index (Phi) is 2.92. The average Bonchev–Trinajstić information content (AvgIpc) is 1.96. The van der Waals surface area contributed by atoms with Crippen molar-refractivity contribution in [3.05, 3.63) is 28.8 Å². The molecule has 0 aliphatic heterocycles. The third-order valence-corrected chi connectivity index (χ3v) is 1.74. The van der Waals surface area contributed by atoms with Gasteiger partial charge in [-0.2, -0.15) is 5.06 Å². The van der Waals surface area contributed by atoms with Gasteiger partial charge in [-0.1, -0.05) is 17.7 Å². The van der Waals surface area contributed by atoms with E-state index in [1.165, 1.54) is 13.1 Å². The summed E-state index contributed by atoms with van der Waals surface area (Å²) >= 11 is 5.59. The highest BCUT2D eigenvalue weighted by Crippen LogP contribution is 2.23. The first kappa shape index (κ1) is 9.32. The number of benzene rings is 1. The van der Waals surface area contributed by atoms with Gasteiger partial charge in [0, 0.05) is 13.6 Å². The van der Waals surface area contributed by atoms with Crippen LogP contribution < -0.4 is 0 Å². The largest absolute Gasteiger partial charge is 0.506 e. The normalized spacial score (nSPS) is 10.7. The summed E-state index contributed by atoms with van der Waals surface area (Å²) in [5.74, 6) is 0.0380. The molecule has 4 heteroatoms. The van der Waals surface area contributed by atoms with Crippen LogP contribution in [0, 0.1) is 0 Å². The van der Waals surface area contributed by atoms with Crippen LogP contribution in [0.3, 0.4) is 0 Å². The van der Waals surface area contributed by atoms with E-state index in [0.29, 0.717) is 11.6 Å². The van der Waals surface area contributed by atoms with Crippen molar-refractivity contribution < 1.29 is 10.3 Å². The first-order valence-corrected chi connectivity index (χ1v) is 3.85. The number of phenols is 1. The molecule has 0 spiro atoms. The maximum absolute atomic E-state index is 9.18. The lowest BCUT2D eigenvalue weighted by atomic mass is 10.2. The van der Waals surface area contributed by atoms with E-state index < -0.39 is 0 Å². The van der Waals surface area contributed by atoms with Crippen LogP contribution in [0.4, 0.5) is 0 Å². The van der Waals surface area contributed by atoms with Gasteiger partial charge in [0.15, 0.2) is 0 Å². The van der Waals surface area contributed by atoms with Gasteiger partial charge in [0.25, 0.3) is 0 Å². The van der Waals surface area contributed by atoms with Crippen molar-refractivity contribution in [2.45, 2.75) is 6.54 Å². The van der Waals surface area contributed by atoms with Gasteiger partial charge in [0.2, 0.25) is 0 Å². The smallest absolute Gasteiger partial charge is 0.134 e. The zero-order valence-corrected chi connectivity index (χ0v) is 7.41. The van der Waals surface area contributed by atoms with Crippen LogP contribution in [-0.4, -0.2) is 22.4 Å². The van der Waals surface area contributed by atoms with Crippen LogP contribution in [0.1, 0.15) is 5.56 Å². The molecule has 0 aliphatic carbocycles. The third-order valence-electron chi connectivity index (χ3n) is 1.42. The summed E-state index contributed by atoms with van der Waals surface area (Å²) < 4.78 is 0. The Morgan fingerprint density at radius 2 is 2.17 bits per heavy atom. The molecule has 66 valence electrons. The van der Waals surface area contributed by atoms with Gasteiger partial charge in [-0.05, 0) is 17.7 Å². The van der Waals surface area contributed by atoms with Crippen molar-refractivity contribution in [1.29, 1.82) is 0 Å². The minimum atomic E-state index is 0.0380. The van der Waals surface area contributed by atoms with E-state index in [2.05, 4.69) is 0 Å². The van der Waals surface area contributed by atoms with Crippen molar-refractivity contribution in [2.75, 3.05) is 7.05 Å². The molecule has 0 radical (unpaired) electrons. The lowest BCUT2D eigenvalue weighted by molar-refractivity contribution is -0.0731. The van der Waals surface area contributed by atoms with Crippen LogP contribution in [0.15, 0.2) is 18.2 Å². The molecule has 1 aromatic carbocycles. The Hall–Kier alpha value is -0.770. The zero-order chi connectivity index (χ0) is 9.14. The summed E-state index contributed by atoms with van der Waals surface area (Å²) in [4.78, 5) is 0. The van der Waals surface area contributed by atoms with Gasteiger partial charge in [0.1, 0.15) is 5.75 Å². The van der Waals surface area contributed by atoms with Crippen molar-refractivity contribution in [3.8, 4) is 5.75 Å². The van der Waals surface area contributed by atoms with Crippen LogP contribution in [0.25, 0.3) is 0 Å². The molecule has 0 saturated carbocycles. The maximum Gasteiger partial charge on any atom is 0.134 e. The molecular weight excluding hydrogens is 178 g/mol. The average molecular weight is 188 g/mol. The van der Waals surface area contributed by atoms with E-state index >= 15 is 0 Å². The molecule has 0 unspecified atom stereocenters. The lowest BCUT2D eigenvalue weighted by Gasteiger charge is -2.08. The number of hydroxylamine groups is 2. The first-order valence-electron chi connectivity index (χ1n) is 3.47. The summed E-state index contributed by atoms with van der Waals surface area (Å²) in [6, 6.07) is 4.86. The molecule has 0 aliphatic rings. The van der Waals surface area contributed by atoms with Crippen LogP contribution in [-0.2, 0) is 6.54 Å². The molecule has 12 heavy (non-hydrogen) atoms. The number of hydrogen-bond donors (Lipinski definition) is 2. The lowest BCUT2D eigenvalue weighted by Crippen LogP contribution is -2.11. The number of hydrogen-bond acceptors (Lipinski definition) is 3. The minimum absolute atomic E-state index is 0.0380. The molecule has 0 heterocycles. The molecule has 3 nitrogen and oxygen atoms in total. The van der Waals surface area contributed by atoms with Crippen molar-refractivity contribution in [2.24, 2.45) is 0 Å². The summed E-state index contributed by atoms with van der Waals surface area (Å²) in [5, 5.41) is 19.4. The predicted octanol–water partition coefficient (Wildman–Crippen LogP) is 1.87. The molecule has 1 rings (SSSR count). The number of rotatable bonds is 2.